The molecule has 2 aromatic heterocycles. The summed E-state index contributed by atoms with van der Waals surface area (Å²) >= 11 is 0. The molecule has 0 saturated carbocycles. The summed E-state index contributed by atoms with van der Waals surface area (Å²) in [5.41, 5.74) is 10.9. The minimum atomic E-state index is -1.16. The highest BCUT2D eigenvalue weighted by atomic mass is 32.3. The fraction of sp³-hybridized carbons (Fsp3) is 0.242. The van der Waals surface area contributed by atoms with Crippen LogP contribution in [0.2, 0.25) is 0 Å². The molecule has 0 radical (unpaired) electrons. The number of aliphatic imine (C=N–C) groups is 1. The minimum Gasteiger partial charge on any atom is -0.345 e. The number of fused-ring (bicyclic) bond motifs is 4. The highest BCUT2D eigenvalue weighted by molar-refractivity contribution is 8.36. The number of nitrogens with zero attached hydrogens (tertiary/aromatic N) is 3. The molecule has 5 heteroatoms. The smallest absolute Gasteiger partial charge is 0.128 e. The maximum absolute atomic E-state index is 5.04. The third-order valence-corrected chi connectivity index (χ3v) is 15.4. The van der Waals surface area contributed by atoms with E-state index in [2.05, 4.69) is 210 Å². The Labute approximate surface area is 431 Å². The summed E-state index contributed by atoms with van der Waals surface area (Å²) in [6, 6.07) is 42.6. The molecule has 0 amide bonds. The van der Waals surface area contributed by atoms with Crippen LogP contribution < -0.4 is 5.32 Å². The van der Waals surface area contributed by atoms with E-state index in [0.717, 1.165) is 60.5 Å². The van der Waals surface area contributed by atoms with Crippen LogP contribution in [0.4, 0.5) is 0 Å². The van der Waals surface area contributed by atoms with Crippen molar-refractivity contribution in [3.05, 3.63) is 242 Å². The first-order chi connectivity index (χ1) is 34.8. The van der Waals surface area contributed by atoms with Crippen LogP contribution in [0.3, 0.4) is 0 Å². The predicted molar refractivity (Wildman–Crippen MR) is 322 cm³/mol. The molecular formula is C66H82N4S. The maximum atomic E-state index is 5.04. The standard InChI is InChI=1S/C29H30N4.C20H20S.C6H6.C5H10.2C2H6.C2H4/c1-4-11-22(12-5-2)29-30-18-23(19-31-29)33-27-16-10-9-15-24(27)25-17-26(32-20(3)28(25)33)21-13-7-6-8-14-21;1-4-5-14-19-16(2)18-13-9-10-15-20(18)21(19,3)17-11-7-6-8-12-17;1-2-4-6-5-3-1;1-3-5-4-2;3*1-2/h4,6-7,9-11,13,15-18H,1,5,8,12,14,19H2,2-3H3,(H,30,31);4-15H,1H2,2-3H3;1-6H;3,5H,4H2,1-2H3;2*1-2H3;1-2H2/b22-11+;14-5-;;5-3-;;;. The molecule has 1 unspecified atom stereocenters. The zero-order valence-corrected chi connectivity index (χ0v) is 45.5. The summed E-state index contributed by atoms with van der Waals surface area (Å²) in [6.45, 7) is 33.0. The van der Waals surface area contributed by atoms with Crippen molar-refractivity contribution < 1.29 is 0 Å². The zero-order chi connectivity index (χ0) is 52.0. The van der Waals surface area contributed by atoms with Crippen molar-refractivity contribution in [3.63, 3.8) is 0 Å². The molecule has 0 bridgehead atoms. The predicted octanol–water partition coefficient (Wildman–Crippen LogP) is 19.5. The first kappa shape index (κ1) is 58.4. The van der Waals surface area contributed by atoms with Gasteiger partial charge in [0.25, 0.3) is 0 Å². The Bertz CT molecular complexity index is 2820. The Morgan fingerprint density at radius 3 is 2.00 bits per heavy atom. The van der Waals surface area contributed by atoms with Gasteiger partial charge in [0.15, 0.2) is 0 Å². The van der Waals surface area contributed by atoms with Crippen molar-refractivity contribution >= 4 is 54.5 Å². The van der Waals surface area contributed by atoms with Gasteiger partial charge in [0.05, 0.1) is 34.7 Å². The summed E-state index contributed by atoms with van der Waals surface area (Å²) in [7, 11) is -1.16. The van der Waals surface area contributed by atoms with Crippen molar-refractivity contribution in [2.45, 2.75) is 104 Å². The van der Waals surface area contributed by atoms with Crippen LogP contribution in [0, 0.1) is 6.92 Å². The Kier molecular flexibility index (Phi) is 26.3. The SMILES string of the molecule is C/C=C\CC.C=C.C=C/C=C(\CCC)C1=NCC(n2c3ccccc3c3cc(C4=CC=CCC4)nc(C)c32)=CN1.C=C/C=C\C1=C(C)c2ccccc2S1(C)c1ccccc1.CC.CC.c1ccccc1. The maximum Gasteiger partial charge on any atom is 0.128 e. The number of hydrogen-bond acceptors (Lipinski definition) is 3. The Balaban J connectivity index is 0.000000297. The van der Waals surface area contributed by atoms with E-state index in [1.54, 1.807) is 0 Å². The van der Waals surface area contributed by atoms with Gasteiger partial charge in [-0.25, -0.2) is 0 Å². The first-order valence-corrected chi connectivity index (χ1v) is 27.5. The van der Waals surface area contributed by atoms with Crippen LogP contribution in [-0.2, 0) is 0 Å². The lowest BCUT2D eigenvalue weighted by atomic mass is 10.00. The van der Waals surface area contributed by atoms with Crippen molar-refractivity contribution in [2.75, 3.05) is 12.8 Å². The average Bonchev–Trinajstić information content (AvgIpc) is 3.90. The van der Waals surface area contributed by atoms with Gasteiger partial charge >= 0.3 is 0 Å². The molecule has 372 valence electrons. The Morgan fingerprint density at radius 2 is 1.44 bits per heavy atom. The van der Waals surface area contributed by atoms with Crippen molar-refractivity contribution in [3.8, 4) is 0 Å². The number of aryl methyl sites for hydroxylation is 1. The van der Waals surface area contributed by atoms with E-state index in [-0.39, 0.29) is 0 Å². The highest BCUT2D eigenvalue weighted by Gasteiger charge is 2.35. The summed E-state index contributed by atoms with van der Waals surface area (Å²) in [5.74, 6) is 0.940. The van der Waals surface area contributed by atoms with Crippen LogP contribution in [0.1, 0.15) is 104 Å². The molecule has 9 rings (SSSR count). The van der Waals surface area contributed by atoms with Crippen LogP contribution in [-0.4, -0.2) is 28.2 Å². The third-order valence-electron chi connectivity index (χ3n) is 11.6. The molecule has 4 heterocycles. The summed E-state index contributed by atoms with van der Waals surface area (Å²) in [6.07, 6.45) is 30.6. The van der Waals surface area contributed by atoms with E-state index in [4.69, 9.17) is 9.98 Å². The number of aromatic nitrogens is 2. The second kappa shape index (κ2) is 32.0. The van der Waals surface area contributed by atoms with E-state index in [1.165, 1.54) is 53.3 Å². The Morgan fingerprint density at radius 1 is 0.803 bits per heavy atom. The van der Waals surface area contributed by atoms with E-state index >= 15 is 0 Å². The molecule has 0 fully saturated rings. The van der Waals surface area contributed by atoms with Gasteiger partial charge in [-0.05, 0) is 116 Å². The topological polar surface area (TPSA) is 42.2 Å². The van der Waals surface area contributed by atoms with Crippen LogP contribution in [0.15, 0.2) is 240 Å². The van der Waals surface area contributed by atoms with Crippen LogP contribution in [0.25, 0.3) is 38.6 Å². The third kappa shape index (κ3) is 15.0. The van der Waals surface area contributed by atoms with Crippen molar-refractivity contribution in [2.24, 2.45) is 4.99 Å². The van der Waals surface area contributed by atoms with Gasteiger partial charge in [0.2, 0.25) is 0 Å². The van der Waals surface area contributed by atoms with Gasteiger partial charge in [-0.2, -0.15) is 10.0 Å². The molecule has 71 heavy (non-hydrogen) atoms. The number of nitrogens with one attached hydrogen (secondary N) is 1. The number of benzene rings is 4. The number of para-hydroxylation sites is 1. The zero-order valence-electron chi connectivity index (χ0n) is 44.7. The first-order valence-electron chi connectivity index (χ1n) is 25.4. The average molecular weight is 963 g/mol. The van der Waals surface area contributed by atoms with Gasteiger partial charge in [-0.3, -0.25) is 9.98 Å². The Hall–Kier alpha value is -6.95. The number of hydrogen-bond donors (Lipinski definition) is 1. The molecule has 6 aromatic rings. The number of rotatable bonds is 10. The molecule has 4 aromatic carbocycles. The van der Waals surface area contributed by atoms with Gasteiger partial charge in [0.1, 0.15) is 5.84 Å². The minimum absolute atomic E-state index is 0.617. The van der Waals surface area contributed by atoms with E-state index in [1.807, 2.05) is 83.2 Å². The molecule has 2 aliphatic heterocycles. The second-order valence-electron chi connectivity index (χ2n) is 16.1. The van der Waals surface area contributed by atoms with E-state index in [0.29, 0.717) is 6.54 Å². The van der Waals surface area contributed by atoms with Gasteiger partial charge < -0.3 is 9.88 Å². The van der Waals surface area contributed by atoms with E-state index in [9.17, 15) is 0 Å². The van der Waals surface area contributed by atoms with Gasteiger partial charge in [-0.1, -0.05) is 207 Å². The summed E-state index contributed by atoms with van der Waals surface area (Å²) < 4.78 is 2.33. The molecule has 1 N–H and O–H groups in total. The van der Waals surface area contributed by atoms with Gasteiger partial charge in [0, 0.05) is 26.8 Å². The van der Waals surface area contributed by atoms with Crippen molar-refractivity contribution in [1.82, 2.24) is 14.9 Å². The molecule has 0 spiro atoms. The summed E-state index contributed by atoms with van der Waals surface area (Å²) in [4.78, 5) is 14.3. The molecule has 0 saturated heterocycles. The lowest BCUT2D eigenvalue weighted by Crippen LogP contribution is -2.26. The van der Waals surface area contributed by atoms with Crippen LogP contribution in [0.5, 0.6) is 0 Å². The van der Waals surface area contributed by atoms with Gasteiger partial charge in [-0.15, -0.1) is 13.2 Å². The quantitative estimate of drug-likeness (QED) is 0.110. The summed E-state index contributed by atoms with van der Waals surface area (Å²) in [5, 5.41) is 5.95. The lowest BCUT2D eigenvalue weighted by molar-refractivity contribution is 0.917. The lowest BCUT2D eigenvalue weighted by Gasteiger charge is -2.35. The monoisotopic (exact) mass is 963 g/mol. The number of amidine groups is 1. The van der Waals surface area contributed by atoms with E-state index < -0.39 is 10.0 Å². The highest BCUT2D eigenvalue weighted by Crippen LogP contribution is 2.72. The molecule has 3 aliphatic rings. The molecule has 4 nitrogen and oxygen atoms in total. The van der Waals surface area contributed by atoms with Crippen LogP contribution >= 0.6 is 10.0 Å². The largest absolute Gasteiger partial charge is 0.345 e. The molecule has 1 aliphatic carbocycles. The molecule has 1 atom stereocenters. The molecular weight excluding hydrogens is 881 g/mol. The number of allylic oxidation sites excluding steroid dienone is 12. The number of pyridine rings is 1. The fourth-order valence-electron chi connectivity index (χ4n) is 8.55. The van der Waals surface area contributed by atoms with Crippen molar-refractivity contribution in [1.29, 1.82) is 0 Å². The second-order valence-corrected chi connectivity index (χ2v) is 19.3. The normalized spacial score (nSPS) is 16.3. The fourth-order valence-corrected chi connectivity index (χ4v) is 12.1.